The van der Waals surface area contributed by atoms with Crippen molar-refractivity contribution in [3.8, 4) is 5.75 Å². The van der Waals surface area contributed by atoms with Gasteiger partial charge in [-0.2, -0.15) is 0 Å². The molecule has 0 atom stereocenters. The lowest BCUT2D eigenvalue weighted by molar-refractivity contribution is 0.0463. The van der Waals surface area contributed by atoms with Crippen LogP contribution in [0.4, 0.5) is 0 Å². The average molecular weight is 338 g/mol. The number of carbonyl (C=O) groups excluding carboxylic acids is 1. The number of para-hydroxylation sites is 1. The van der Waals surface area contributed by atoms with Gasteiger partial charge in [-0.05, 0) is 37.6 Å². The Bertz CT molecular complexity index is 979. The quantitative estimate of drug-likeness (QED) is 0.669. The van der Waals surface area contributed by atoms with Crippen molar-refractivity contribution >= 4 is 11.6 Å². The molecule has 0 fully saturated rings. The van der Waals surface area contributed by atoms with E-state index in [-0.39, 0.29) is 12.2 Å². The molecular formula is C19H18N2O4. The molecule has 3 aromatic rings. The van der Waals surface area contributed by atoms with Crippen LogP contribution >= 0.6 is 0 Å². The van der Waals surface area contributed by atoms with Crippen molar-refractivity contribution in [1.29, 1.82) is 0 Å². The van der Waals surface area contributed by atoms with Gasteiger partial charge in [0.25, 0.3) is 5.56 Å². The number of rotatable bonds is 5. The minimum absolute atomic E-state index is 0.0844. The van der Waals surface area contributed by atoms with Gasteiger partial charge >= 0.3 is 5.97 Å². The van der Waals surface area contributed by atoms with Gasteiger partial charge in [0.1, 0.15) is 23.6 Å². The Morgan fingerprint density at radius 1 is 1.20 bits per heavy atom. The molecule has 6 nitrogen and oxygen atoms in total. The number of aromatic nitrogens is 2. The summed E-state index contributed by atoms with van der Waals surface area (Å²) in [6, 6.07) is 11.9. The van der Waals surface area contributed by atoms with E-state index < -0.39 is 5.97 Å². The molecule has 3 rings (SSSR count). The van der Waals surface area contributed by atoms with E-state index in [0.717, 1.165) is 5.56 Å². The maximum absolute atomic E-state index is 12.3. The van der Waals surface area contributed by atoms with Crippen molar-refractivity contribution < 1.29 is 14.3 Å². The molecule has 2 heterocycles. The summed E-state index contributed by atoms with van der Waals surface area (Å²) in [5, 5.41) is 0. The van der Waals surface area contributed by atoms with E-state index >= 15 is 0 Å². The molecule has 0 bridgehead atoms. The van der Waals surface area contributed by atoms with Crippen molar-refractivity contribution in [2.75, 3.05) is 6.61 Å². The van der Waals surface area contributed by atoms with Crippen LogP contribution in [0.1, 0.15) is 28.5 Å². The fraction of sp³-hybridized carbons (Fsp3) is 0.211. The maximum Gasteiger partial charge on any atom is 0.342 e. The van der Waals surface area contributed by atoms with Crippen LogP contribution in [-0.4, -0.2) is 22.0 Å². The second kappa shape index (κ2) is 7.17. The van der Waals surface area contributed by atoms with Gasteiger partial charge in [0, 0.05) is 12.3 Å². The number of carbonyl (C=O) groups is 1. The van der Waals surface area contributed by atoms with Gasteiger partial charge in [-0.25, -0.2) is 9.78 Å². The van der Waals surface area contributed by atoms with Crippen molar-refractivity contribution in [2.24, 2.45) is 0 Å². The summed E-state index contributed by atoms with van der Waals surface area (Å²) >= 11 is 0. The minimum atomic E-state index is -0.519. The van der Waals surface area contributed by atoms with Gasteiger partial charge in [0.2, 0.25) is 0 Å². The molecule has 1 aromatic carbocycles. The number of nitrogens with zero attached hydrogens (tertiary/aromatic N) is 2. The fourth-order valence-corrected chi connectivity index (χ4v) is 2.47. The number of fused-ring (bicyclic) bond motifs is 1. The number of hydrogen-bond donors (Lipinski definition) is 0. The number of benzene rings is 1. The Hall–Kier alpha value is -3.15. The molecule has 0 aliphatic carbocycles. The number of aryl methyl sites for hydroxylation is 1. The highest BCUT2D eigenvalue weighted by atomic mass is 16.5. The summed E-state index contributed by atoms with van der Waals surface area (Å²) in [6.07, 6.45) is 1.72. The van der Waals surface area contributed by atoms with Crippen LogP contribution in [0.5, 0.6) is 5.75 Å². The second-order valence-electron chi connectivity index (χ2n) is 5.53. The Labute approximate surface area is 144 Å². The van der Waals surface area contributed by atoms with E-state index in [9.17, 15) is 9.59 Å². The molecule has 25 heavy (non-hydrogen) atoms. The highest BCUT2D eigenvalue weighted by molar-refractivity contribution is 5.92. The van der Waals surface area contributed by atoms with E-state index in [1.807, 2.05) is 19.9 Å². The first-order chi connectivity index (χ1) is 12.1. The molecular weight excluding hydrogens is 320 g/mol. The monoisotopic (exact) mass is 338 g/mol. The first-order valence-electron chi connectivity index (χ1n) is 7.96. The highest BCUT2D eigenvalue weighted by Crippen LogP contribution is 2.19. The molecule has 0 radical (unpaired) electrons. The van der Waals surface area contributed by atoms with E-state index in [1.54, 1.807) is 36.5 Å². The van der Waals surface area contributed by atoms with Gasteiger partial charge < -0.3 is 9.47 Å². The normalized spacial score (nSPS) is 10.6. The van der Waals surface area contributed by atoms with Crippen LogP contribution in [0, 0.1) is 6.92 Å². The van der Waals surface area contributed by atoms with E-state index in [1.165, 1.54) is 10.5 Å². The lowest BCUT2D eigenvalue weighted by Gasteiger charge is -2.10. The topological polar surface area (TPSA) is 69.9 Å². The molecule has 0 aliphatic rings. The molecule has 0 unspecified atom stereocenters. The summed E-state index contributed by atoms with van der Waals surface area (Å²) in [5.74, 6) is -0.0491. The Morgan fingerprint density at radius 3 is 2.80 bits per heavy atom. The van der Waals surface area contributed by atoms with Crippen LogP contribution in [0.3, 0.4) is 0 Å². The number of esters is 1. The summed E-state index contributed by atoms with van der Waals surface area (Å²) in [5.41, 5.74) is 2.00. The Kier molecular flexibility index (Phi) is 4.79. The fourth-order valence-electron chi connectivity index (χ4n) is 2.47. The lowest BCUT2D eigenvalue weighted by atomic mass is 10.2. The van der Waals surface area contributed by atoms with Crippen LogP contribution in [0.15, 0.2) is 53.5 Å². The predicted molar refractivity (Wildman–Crippen MR) is 92.9 cm³/mol. The highest BCUT2D eigenvalue weighted by Gasteiger charge is 2.14. The molecule has 2 aromatic heterocycles. The van der Waals surface area contributed by atoms with Crippen molar-refractivity contribution in [1.82, 2.24) is 9.38 Å². The molecule has 0 saturated heterocycles. The molecule has 0 spiro atoms. The largest absolute Gasteiger partial charge is 0.493 e. The molecule has 128 valence electrons. The third-order valence-corrected chi connectivity index (χ3v) is 3.62. The molecule has 6 heteroatoms. The van der Waals surface area contributed by atoms with Gasteiger partial charge in [0.05, 0.1) is 12.3 Å². The van der Waals surface area contributed by atoms with Gasteiger partial charge in [0.15, 0.2) is 0 Å². The smallest absolute Gasteiger partial charge is 0.342 e. The van der Waals surface area contributed by atoms with Gasteiger partial charge in [-0.1, -0.05) is 18.2 Å². The van der Waals surface area contributed by atoms with Gasteiger partial charge in [-0.15, -0.1) is 0 Å². The zero-order valence-corrected chi connectivity index (χ0v) is 14.1. The van der Waals surface area contributed by atoms with E-state index in [0.29, 0.717) is 29.3 Å². The summed E-state index contributed by atoms with van der Waals surface area (Å²) in [7, 11) is 0. The van der Waals surface area contributed by atoms with Crippen molar-refractivity contribution in [2.45, 2.75) is 20.5 Å². The van der Waals surface area contributed by atoms with E-state index in [4.69, 9.17) is 9.47 Å². The van der Waals surface area contributed by atoms with Crippen molar-refractivity contribution in [3.05, 3.63) is 75.8 Å². The number of hydrogen-bond acceptors (Lipinski definition) is 5. The summed E-state index contributed by atoms with van der Waals surface area (Å²) in [4.78, 5) is 28.8. The van der Waals surface area contributed by atoms with Gasteiger partial charge in [-0.3, -0.25) is 9.20 Å². The third-order valence-electron chi connectivity index (χ3n) is 3.62. The zero-order chi connectivity index (χ0) is 17.8. The zero-order valence-electron chi connectivity index (χ0n) is 14.1. The molecule has 0 N–H and O–H groups in total. The van der Waals surface area contributed by atoms with Crippen molar-refractivity contribution in [3.63, 3.8) is 0 Å². The number of pyridine rings is 1. The van der Waals surface area contributed by atoms with Crippen LogP contribution in [-0.2, 0) is 11.3 Å². The average Bonchev–Trinajstić information content (AvgIpc) is 2.61. The molecule has 0 amide bonds. The summed E-state index contributed by atoms with van der Waals surface area (Å²) in [6.45, 7) is 4.11. The van der Waals surface area contributed by atoms with Crippen LogP contribution in [0.25, 0.3) is 5.65 Å². The SMILES string of the molecule is CCOc1ccccc1C(=O)OCc1cc(=O)n2cc(C)ccc2n1. The minimum Gasteiger partial charge on any atom is -0.493 e. The molecule has 0 saturated carbocycles. The maximum atomic E-state index is 12.3. The lowest BCUT2D eigenvalue weighted by Crippen LogP contribution is -2.17. The second-order valence-corrected chi connectivity index (χ2v) is 5.53. The van der Waals surface area contributed by atoms with E-state index in [2.05, 4.69) is 4.98 Å². The first-order valence-corrected chi connectivity index (χ1v) is 7.96. The Balaban J connectivity index is 1.80. The summed E-state index contributed by atoms with van der Waals surface area (Å²) < 4.78 is 12.2. The first kappa shape index (κ1) is 16.7. The standard InChI is InChI=1S/C19H18N2O4/c1-3-24-16-7-5-4-6-15(16)19(23)25-12-14-10-18(22)21-11-13(2)8-9-17(21)20-14/h4-11H,3,12H2,1-2H3. The third kappa shape index (κ3) is 3.68. The predicted octanol–water partition coefficient (Wildman–Crippen LogP) is 2.76. The Morgan fingerprint density at radius 2 is 2.00 bits per heavy atom. The number of ether oxygens (including phenoxy) is 2. The van der Waals surface area contributed by atoms with Crippen LogP contribution in [0.2, 0.25) is 0 Å². The molecule has 0 aliphatic heterocycles. The van der Waals surface area contributed by atoms with Crippen LogP contribution < -0.4 is 10.3 Å².